The van der Waals surface area contributed by atoms with Crippen molar-refractivity contribution in [3.8, 4) is 0 Å². The van der Waals surface area contributed by atoms with Crippen LogP contribution in [-0.2, 0) is 0 Å². The summed E-state index contributed by atoms with van der Waals surface area (Å²) in [6.07, 6.45) is 0. The van der Waals surface area contributed by atoms with Gasteiger partial charge in [-0.2, -0.15) is 0 Å². The average Bonchev–Trinajstić information content (AvgIpc) is 2.14. The van der Waals surface area contributed by atoms with Gasteiger partial charge in [0, 0.05) is 15.6 Å². The van der Waals surface area contributed by atoms with Gasteiger partial charge >= 0.3 is 0 Å². The minimum absolute atomic E-state index is 0.0545. The van der Waals surface area contributed by atoms with E-state index < -0.39 is 0 Å². The van der Waals surface area contributed by atoms with Crippen LogP contribution >= 0.6 is 15.9 Å². The van der Waals surface area contributed by atoms with Crippen molar-refractivity contribution < 1.29 is 4.79 Å². The lowest BCUT2D eigenvalue weighted by molar-refractivity contribution is 0.0935. The van der Waals surface area contributed by atoms with Gasteiger partial charge in [-0.15, -0.1) is 0 Å². The van der Waals surface area contributed by atoms with Gasteiger partial charge in [-0.1, -0.05) is 28.1 Å². The summed E-state index contributed by atoms with van der Waals surface area (Å²) < 4.78 is 0.932. The van der Waals surface area contributed by atoms with E-state index in [1.807, 2.05) is 31.2 Å². The second-order valence-corrected chi connectivity index (χ2v) is 5.91. The lowest BCUT2D eigenvalue weighted by Crippen LogP contribution is -2.46. The van der Waals surface area contributed by atoms with E-state index in [9.17, 15) is 4.79 Å². The molecule has 1 N–H and O–H groups in total. The molecule has 1 rings (SSSR count). The predicted octanol–water partition coefficient (Wildman–Crippen LogP) is 3.41. The summed E-state index contributed by atoms with van der Waals surface area (Å²) in [5.74, 6) is 0.122. The minimum Gasteiger partial charge on any atom is -0.303 e. The molecule has 0 spiro atoms. The first-order valence-corrected chi connectivity index (χ1v) is 6.16. The van der Waals surface area contributed by atoms with Gasteiger partial charge in [-0.05, 0) is 39.8 Å². The number of Topliss-reactive ketones (excluding diaryl/α,β-unsaturated/α-hetero) is 1. The van der Waals surface area contributed by atoms with E-state index in [0.29, 0.717) is 0 Å². The van der Waals surface area contributed by atoms with Crippen LogP contribution in [0.3, 0.4) is 0 Å². The Kier molecular flexibility index (Phi) is 4.28. The number of nitrogens with one attached hydrogen (secondary N) is 1. The number of hydrogen-bond donors (Lipinski definition) is 1. The molecule has 0 bridgehead atoms. The first kappa shape index (κ1) is 13.4. The highest BCUT2D eigenvalue weighted by atomic mass is 79.9. The second kappa shape index (κ2) is 5.11. The summed E-state index contributed by atoms with van der Waals surface area (Å²) in [5.41, 5.74) is 0.680. The number of ketones is 1. The molecule has 16 heavy (non-hydrogen) atoms. The predicted molar refractivity (Wildman–Crippen MR) is 70.8 cm³/mol. The van der Waals surface area contributed by atoms with Crippen molar-refractivity contribution in [2.75, 3.05) is 0 Å². The van der Waals surface area contributed by atoms with E-state index in [0.717, 1.165) is 10.0 Å². The van der Waals surface area contributed by atoms with Crippen LogP contribution in [0.25, 0.3) is 0 Å². The first-order chi connectivity index (χ1) is 7.29. The van der Waals surface area contributed by atoms with Crippen molar-refractivity contribution in [1.82, 2.24) is 5.32 Å². The van der Waals surface area contributed by atoms with E-state index in [1.54, 1.807) is 0 Å². The molecule has 0 saturated carbocycles. The molecule has 1 aromatic carbocycles. The Labute approximate surface area is 106 Å². The van der Waals surface area contributed by atoms with E-state index >= 15 is 0 Å². The number of halogens is 1. The molecule has 0 aliphatic rings. The summed E-state index contributed by atoms with van der Waals surface area (Å²) in [6, 6.07) is 7.31. The topological polar surface area (TPSA) is 29.1 Å². The Morgan fingerprint density at radius 1 is 1.38 bits per heavy atom. The molecule has 0 radical (unpaired) electrons. The number of rotatable bonds is 3. The van der Waals surface area contributed by atoms with Crippen LogP contribution in [0.5, 0.6) is 0 Å². The SMILES string of the molecule is C[C@H](NC(C)(C)C)C(=O)c1cccc(Br)c1. The third-order valence-electron chi connectivity index (χ3n) is 2.15. The summed E-state index contributed by atoms with van der Waals surface area (Å²) in [4.78, 5) is 12.1. The van der Waals surface area contributed by atoms with Crippen LogP contribution in [-0.4, -0.2) is 17.4 Å². The summed E-state index contributed by atoms with van der Waals surface area (Å²) in [7, 11) is 0. The van der Waals surface area contributed by atoms with E-state index in [4.69, 9.17) is 0 Å². The molecule has 0 aliphatic heterocycles. The van der Waals surface area contributed by atoms with Gasteiger partial charge in [0.15, 0.2) is 5.78 Å². The van der Waals surface area contributed by atoms with Crippen molar-refractivity contribution in [2.45, 2.75) is 39.3 Å². The summed E-state index contributed by atoms with van der Waals surface area (Å²) in [5, 5.41) is 3.27. The number of benzene rings is 1. The van der Waals surface area contributed by atoms with Crippen LogP contribution in [0.4, 0.5) is 0 Å². The summed E-state index contributed by atoms with van der Waals surface area (Å²) in [6.45, 7) is 8.06. The quantitative estimate of drug-likeness (QED) is 0.862. The van der Waals surface area contributed by atoms with E-state index in [1.165, 1.54) is 0 Å². The molecule has 0 amide bonds. The fraction of sp³-hybridized carbons (Fsp3) is 0.462. The highest BCUT2D eigenvalue weighted by Crippen LogP contribution is 2.14. The molecule has 0 fully saturated rings. The van der Waals surface area contributed by atoms with Crippen molar-refractivity contribution in [2.24, 2.45) is 0 Å². The van der Waals surface area contributed by atoms with Gasteiger partial charge in [0.25, 0.3) is 0 Å². The fourth-order valence-electron chi connectivity index (χ4n) is 1.61. The maximum Gasteiger partial charge on any atom is 0.179 e. The largest absolute Gasteiger partial charge is 0.303 e. The van der Waals surface area contributed by atoms with Crippen molar-refractivity contribution in [1.29, 1.82) is 0 Å². The van der Waals surface area contributed by atoms with Crippen LogP contribution in [0, 0.1) is 0 Å². The van der Waals surface area contributed by atoms with Gasteiger partial charge < -0.3 is 5.32 Å². The van der Waals surface area contributed by atoms with Crippen LogP contribution in [0.1, 0.15) is 38.1 Å². The zero-order valence-electron chi connectivity index (χ0n) is 10.2. The second-order valence-electron chi connectivity index (χ2n) is 4.99. The highest BCUT2D eigenvalue weighted by molar-refractivity contribution is 9.10. The van der Waals surface area contributed by atoms with Crippen LogP contribution < -0.4 is 5.32 Å². The Bertz CT molecular complexity index is 382. The molecule has 1 aromatic rings. The molecule has 0 unspecified atom stereocenters. The van der Waals surface area contributed by atoms with Crippen molar-refractivity contribution in [3.05, 3.63) is 34.3 Å². The number of carbonyl (C=O) groups is 1. The average molecular weight is 284 g/mol. The first-order valence-electron chi connectivity index (χ1n) is 5.37. The molecule has 2 nitrogen and oxygen atoms in total. The molecule has 0 heterocycles. The molecule has 1 atom stereocenters. The smallest absolute Gasteiger partial charge is 0.179 e. The zero-order valence-corrected chi connectivity index (χ0v) is 11.8. The zero-order chi connectivity index (χ0) is 12.3. The maximum atomic E-state index is 12.1. The molecular formula is C13H18BrNO. The number of carbonyl (C=O) groups excluding carboxylic acids is 1. The normalized spacial score (nSPS) is 13.6. The molecule has 3 heteroatoms. The van der Waals surface area contributed by atoms with Gasteiger partial charge in [-0.25, -0.2) is 0 Å². The van der Waals surface area contributed by atoms with Gasteiger partial charge in [0.2, 0.25) is 0 Å². The van der Waals surface area contributed by atoms with E-state index in [2.05, 4.69) is 42.0 Å². The maximum absolute atomic E-state index is 12.1. The Morgan fingerprint density at radius 3 is 2.50 bits per heavy atom. The van der Waals surface area contributed by atoms with Crippen LogP contribution in [0.2, 0.25) is 0 Å². The van der Waals surface area contributed by atoms with Gasteiger partial charge in [-0.3, -0.25) is 4.79 Å². The monoisotopic (exact) mass is 283 g/mol. The van der Waals surface area contributed by atoms with Gasteiger partial charge in [0.1, 0.15) is 0 Å². The third kappa shape index (κ3) is 4.06. The molecule has 0 saturated heterocycles. The van der Waals surface area contributed by atoms with Crippen LogP contribution in [0.15, 0.2) is 28.7 Å². The molecule has 88 valence electrons. The molecule has 0 aromatic heterocycles. The molecule has 0 aliphatic carbocycles. The van der Waals surface area contributed by atoms with Gasteiger partial charge in [0.05, 0.1) is 6.04 Å². The van der Waals surface area contributed by atoms with E-state index in [-0.39, 0.29) is 17.4 Å². The highest BCUT2D eigenvalue weighted by Gasteiger charge is 2.20. The van der Waals surface area contributed by atoms with Crippen molar-refractivity contribution >= 4 is 21.7 Å². The third-order valence-corrected chi connectivity index (χ3v) is 2.65. The Hall–Kier alpha value is -0.670. The number of hydrogen-bond acceptors (Lipinski definition) is 2. The lowest BCUT2D eigenvalue weighted by atomic mass is 10.0. The molecular weight excluding hydrogens is 266 g/mol. The standard InChI is InChI=1S/C13H18BrNO/c1-9(15-13(2,3)4)12(16)10-6-5-7-11(14)8-10/h5-9,15H,1-4H3/t9-/m0/s1. The minimum atomic E-state index is -0.172. The Morgan fingerprint density at radius 2 is 2.00 bits per heavy atom. The lowest BCUT2D eigenvalue weighted by Gasteiger charge is -2.25. The fourth-order valence-corrected chi connectivity index (χ4v) is 2.01. The summed E-state index contributed by atoms with van der Waals surface area (Å²) >= 11 is 3.37. The van der Waals surface area contributed by atoms with Crippen molar-refractivity contribution in [3.63, 3.8) is 0 Å². The Balaban J connectivity index is 2.78.